The van der Waals surface area contributed by atoms with Gasteiger partial charge in [-0.2, -0.15) is 13.2 Å². The molecule has 0 unspecified atom stereocenters. The Morgan fingerprint density at radius 1 is 1.21 bits per heavy atom. The molecule has 0 saturated carbocycles. The van der Waals surface area contributed by atoms with Crippen molar-refractivity contribution < 1.29 is 18.0 Å². The lowest BCUT2D eigenvalue weighted by atomic mass is 10.3. The Hall–Kier alpha value is -1.52. The summed E-state index contributed by atoms with van der Waals surface area (Å²) in [5.41, 5.74) is 6.74. The molecule has 0 atom stereocenters. The summed E-state index contributed by atoms with van der Waals surface area (Å²) >= 11 is 0. The second kappa shape index (κ2) is 3.69. The van der Waals surface area contributed by atoms with Gasteiger partial charge in [0.1, 0.15) is 0 Å². The van der Waals surface area contributed by atoms with Gasteiger partial charge in [-0.1, -0.05) is 24.3 Å². The number of nitrogens with two attached hydrogens (primary N) is 1. The van der Waals surface area contributed by atoms with E-state index in [1.807, 2.05) is 0 Å². The van der Waals surface area contributed by atoms with Gasteiger partial charge in [-0.05, 0) is 17.6 Å². The van der Waals surface area contributed by atoms with Crippen LogP contribution in [-0.4, -0.2) is 12.1 Å². The maximum absolute atomic E-state index is 10.7. The summed E-state index contributed by atoms with van der Waals surface area (Å²) in [6, 6.07) is 0. The van der Waals surface area contributed by atoms with Crippen molar-refractivity contribution in [2.75, 3.05) is 0 Å². The van der Waals surface area contributed by atoms with Gasteiger partial charge in [0.2, 0.25) is 0 Å². The van der Waals surface area contributed by atoms with Gasteiger partial charge in [0.15, 0.2) is 0 Å². The van der Waals surface area contributed by atoms with Crippen LogP contribution in [0.4, 0.5) is 13.2 Å². The van der Waals surface area contributed by atoms with E-state index in [0.717, 1.165) is 0 Å². The summed E-state index contributed by atoms with van der Waals surface area (Å²) in [7, 11) is 0. The van der Waals surface area contributed by atoms with Gasteiger partial charge in [-0.25, -0.2) is 0 Å². The lowest BCUT2D eigenvalue weighted by Crippen LogP contribution is -2.30. The van der Waals surface area contributed by atoms with Crippen LogP contribution >= 0.6 is 0 Å². The van der Waals surface area contributed by atoms with Gasteiger partial charge < -0.3 is 5.73 Å². The Morgan fingerprint density at radius 3 is 1.64 bits per heavy atom. The zero-order chi connectivity index (χ0) is 10.8. The molecule has 2 bridgehead atoms. The van der Waals surface area contributed by atoms with E-state index in [1.165, 1.54) is 17.6 Å². The van der Waals surface area contributed by atoms with Crippen LogP contribution in [0, 0.1) is 0 Å². The van der Waals surface area contributed by atoms with E-state index >= 15 is 0 Å². The molecule has 2 aliphatic carbocycles. The molecule has 2 N–H and O–H groups in total. The van der Waals surface area contributed by atoms with Crippen molar-refractivity contribution >= 4 is 5.91 Å². The van der Waals surface area contributed by atoms with Crippen molar-refractivity contribution in [2.45, 2.75) is 12.6 Å². The lowest BCUT2D eigenvalue weighted by molar-refractivity contribution is -0.169. The second-order valence-electron chi connectivity index (χ2n) is 2.86. The van der Waals surface area contributed by atoms with Gasteiger partial charge >= 0.3 is 12.1 Å². The highest BCUT2D eigenvalue weighted by Crippen LogP contribution is 2.27. The number of fused-ring (bicyclic) bond motifs is 2. The van der Waals surface area contributed by atoms with Crippen molar-refractivity contribution in [3.05, 3.63) is 35.5 Å². The Labute approximate surface area is 78.6 Å². The van der Waals surface area contributed by atoms with Crippen molar-refractivity contribution in [2.24, 2.45) is 5.73 Å². The first-order valence-electron chi connectivity index (χ1n) is 3.84. The summed E-state index contributed by atoms with van der Waals surface area (Å²) in [5.74, 6) is -2.26. The fourth-order valence-electron chi connectivity index (χ4n) is 1.01. The highest BCUT2D eigenvalue weighted by molar-refractivity contribution is 5.79. The van der Waals surface area contributed by atoms with Crippen LogP contribution in [0.5, 0.6) is 0 Å². The van der Waals surface area contributed by atoms with Gasteiger partial charge in [0.25, 0.3) is 0 Å². The SMILES string of the molecule is C1=CC2=CC=C1C2.NC(=O)C(F)(F)F. The summed E-state index contributed by atoms with van der Waals surface area (Å²) in [5, 5.41) is 0. The third-order valence-corrected chi connectivity index (χ3v) is 1.71. The molecule has 0 radical (unpaired) electrons. The molecule has 0 aromatic carbocycles. The Morgan fingerprint density at radius 2 is 1.57 bits per heavy atom. The molecule has 1 amide bonds. The first-order chi connectivity index (χ1) is 6.39. The van der Waals surface area contributed by atoms with Gasteiger partial charge in [0, 0.05) is 0 Å². The van der Waals surface area contributed by atoms with E-state index in [4.69, 9.17) is 4.79 Å². The summed E-state index contributed by atoms with van der Waals surface area (Å²) < 4.78 is 32.1. The highest BCUT2D eigenvalue weighted by atomic mass is 19.4. The molecule has 0 heterocycles. The molecule has 0 fully saturated rings. The lowest BCUT2D eigenvalue weighted by Gasteiger charge is -1.95. The molecule has 0 aliphatic heterocycles. The molecule has 0 aromatic rings. The predicted octanol–water partition coefficient (Wildman–Crippen LogP) is 1.85. The number of alkyl halides is 3. The van der Waals surface area contributed by atoms with Crippen molar-refractivity contribution in [1.29, 1.82) is 0 Å². The van der Waals surface area contributed by atoms with Crippen molar-refractivity contribution in [1.82, 2.24) is 0 Å². The molecule has 0 spiro atoms. The standard InChI is InChI=1S/C7H6.C2H2F3NO/c1-2-7-4-3-6(1)5-7;3-2(4,5)1(6)7/h1-4H,5H2;(H2,6,7). The Bertz CT molecular complexity index is 316. The first kappa shape index (κ1) is 10.6. The van der Waals surface area contributed by atoms with E-state index < -0.39 is 12.1 Å². The molecular weight excluding hydrogens is 195 g/mol. The van der Waals surface area contributed by atoms with Crippen LogP contribution < -0.4 is 5.73 Å². The highest BCUT2D eigenvalue weighted by Gasteiger charge is 2.35. The van der Waals surface area contributed by atoms with Gasteiger partial charge in [0.05, 0.1) is 0 Å². The second-order valence-corrected chi connectivity index (χ2v) is 2.86. The van der Waals surface area contributed by atoms with Gasteiger partial charge in [-0.3, -0.25) is 4.79 Å². The van der Waals surface area contributed by atoms with Crippen molar-refractivity contribution in [3.8, 4) is 0 Å². The van der Waals surface area contributed by atoms with E-state index in [1.54, 1.807) is 0 Å². The van der Waals surface area contributed by atoms with Crippen LogP contribution in [0.3, 0.4) is 0 Å². The Kier molecular flexibility index (Phi) is 2.78. The molecule has 2 nitrogen and oxygen atoms in total. The van der Waals surface area contributed by atoms with E-state index in [9.17, 15) is 13.2 Å². The fourth-order valence-corrected chi connectivity index (χ4v) is 1.01. The fraction of sp³-hybridized carbons (Fsp3) is 0.222. The molecule has 14 heavy (non-hydrogen) atoms. The van der Waals surface area contributed by atoms with Crippen LogP contribution in [0.25, 0.3) is 0 Å². The first-order valence-corrected chi connectivity index (χ1v) is 3.84. The molecule has 2 aliphatic rings. The number of carbonyl (C=O) groups excluding carboxylic acids is 1. The normalized spacial score (nSPS) is 17.1. The summed E-state index contributed by atoms with van der Waals surface area (Å²) in [6.45, 7) is 0. The number of carbonyl (C=O) groups is 1. The topological polar surface area (TPSA) is 43.1 Å². The maximum atomic E-state index is 10.7. The zero-order valence-corrected chi connectivity index (χ0v) is 7.14. The van der Waals surface area contributed by atoms with Crippen molar-refractivity contribution in [3.63, 3.8) is 0 Å². The number of allylic oxidation sites excluding steroid dienone is 6. The predicted molar refractivity (Wildman–Crippen MR) is 45.2 cm³/mol. The third kappa shape index (κ3) is 2.76. The van der Waals surface area contributed by atoms with Crippen LogP contribution in [0.2, 0.25) is 0 Å². The van der Waals surface area contributed by atoms with E-state index in [-0.39, 0.29) is 0 Å². The molecular formula is C9H8F3NO. The summed E-state index contributed by atoms with van der Waals surface area (Å²) in [6.07, 6.45) is 5.04. The average molecular weight is 203 g/mol. The number of hydrogen-bond donors (Lipinski definition) is 1. The number of hydrogen-bond acceptors (Lipinski definition) is 1. The van der Waals surface area contributed by atoms with E-state index in [2.05, 4.69) is 30.0 Å². The van der Waals surface area contributed by atoms with Crippen LogP contribution in [-0.2, 0) is 4.79 Å². The number of rotatable bonds is 0. The molecule has 5 heteroatoms. The maximum Gasteiger partial charge on any atom is 0.470 e. The van der Waals surface area contributed by atoms with Gasteiger partial charge in [-0.15, -0.1) is 0 Å². The van der Waals surface area contributed by atoms with Crippen LogP contribution in [0.15, 0.2) is 35.5 Å². The largest absolute Gasteiger partial charge is 0.470 e. The molecule has 0 saturated heterocycles. The average Bonchev–Trinajstić information content (AvgIpc) is 2.65. The van der Waals surface area contributed by atoms with E-state index in [0.29, 0.717) is 0 Å². The number of amides is 1. The quantitative estimate of drug-likeness (QED) is 0.641. The van der Waals surface area contributed by atoms with Crippen LogP contribution in [0.1, 0.15) is 6.42 Å². The third-order valence-electron chi connectivity index (χ3n) is 1.71. The minimum absolute atomic E-state index is 1.19. The monoisotopic (exact) mass is 203 g/mol. The summed E-state index contributed by atoms with van der Waals surface area (Å²) in [4.78, 5) is 9.12. The number of primary amides is 1. The molecule has 0 aromatic heterocycles. The minimum atomic E-state index is -4.86. The number of halogens is 3. The Balaban J connectivity index is 0.000000140. The zero-order valence-electron chi connectivity index (χ0n) is 7.14. The molecule has 2 rings (SSSR count). The minimum Gasteiger partial charge on any atom is -0.362 e. The smallest absolute Gasteiger partial charge is 0.362 e. The molecule has 76 valence electrons.